The number of ketones is 1. The van der Waals surface area contributed by atoms with Crippen molar-refractivity contribution in [3.63, 3.8) is 0 Å². The second-order valence-electron chi connectivity index (χ2n) is 6.11. The Labute approximate surface area is 151 Å². The quantitative estimate of drug-likeness (QED) is 0.420. The zero-order valence-corrected chi connectivity index (χ0v) is 15.4. The number of phenols is 2. The lowest BCUT2D eigenvalue weighted by Crippen LogP contribution is -2.11. The van der Waals surface area contributed by atoms with Gasteiger partial charge >= 0.3 is 0 Å². The summed E-state index contributed by atoms with van der Waals surface area (Å²) in [5.74, 6) is -1.52. The van der Waals surface area contributed by atoms with Crippen molar-refractivity contribution < 1.29 is 19.8 Å². The molecule has 0 aliphatic heterocycles. The van der Waals surface area contributed by atoms with E-state index in [9.17, 15) is 19.8 Å². The standard InChI is InChI=1S/C19H21NO4S/c1-10(2)17(23)16-15(22)9-14(20-12(4)21)18(24)19(16)25-13-7-5-11(3)6-8-13/h5-10,22,24H,1-4H3,(H,20,21). The largest absolute Gasteiger partial charge is 0.507 e. The van der Waals surface area contributed by atoms with Crippen molar-refractivity contribution in [2.45, 2.75) is 37.5 Å². The van der Waals surface area contributed by atoms with Crippen molar-refractivity contribution in [3.05, 3.63) is 41.5 Å². The summed E-state index contributed by atoms with van der Waals surface area (Å²) in [6.45, 7) is 6.71. The first-order valence-corrected chi connectivity index (χ1v) is 8.67. The van der Waals surface area contributed by atoms with Crippen LogP contribution in [0.2, 0.25) is 0 Å². The molecule has 0 heterocycles. The number of aryl methyl sites for hydroxylation is 1. The van der Waals surface area contributed by atoms with Gasteiger partial charge in [0, 0.05) is 23.8 Å². The topological polar surface area (TPSA) is 86.6 Å². The van der Waals surface area contributed by atoms with E-state index in [-0.39, 0.29) is 45.3 Å². The van der Waals surface area contributed by atoms with Crippen LogP contribution < -0.4 is 5.32 Å². The van der Waals surface area contributed by atoms with Crippen LogP contribution >= 0.6 is 11.8 Å². The SMILES string of the molecule is CC(=O)Nc1cc(O)c(C(=O)C(C)C)c(Sc2ccc(C)cc2)c1O. The predicted molar refractivity (Wildman–Crippen MR) is 98.5 cm³/mol. The summed E-state index contributed by atoms with van der Waals surface area (Å²) in [6, 6.07) is 8.77. The molecule has 5 nitrogen and oxygen atoms in total. The lowest BCUT2D eigenvalue weighted by Gasteiger charge is -2.17. The summed E-state index contributed by atoms with van der Waals surface area (Å²) in [5.41, 5.74) is 1.22. The van der Waals surface area contributed by atoms with E-state index in [1.165, 1.54) is 24.8 Å². The van der Waals surface area contributed by atoms with E-state index in [1.807, 2.05) is 31.2 Å². The van der Waals surface area contributed by atoms with Gasteiger partial charge in [-0.15, -0.1) is 0 Å². The van der Waals surface area contributed by atoms with Gasteiger partial charge in [-0.1, -0.05) is 43.3 Å². The molecular formula is C19H21NO4S. The maximum atomic E-state index is 12.5. The highest BCUT2D eigenvalue weighted by Gasteiger charge is 2.25. The molecule has 25 heavy (non-hydrogen) atoms. The average Bonchev–Trinajstić information content (AvgIpc) is 2.53. The fraction of sp³-hybridized carbons (Fsp3) is 0.263. The molecule has 132 valence electrons. The molecule has 2 aromatic carbocycles. The Morgan fingerprint density at radius 2 is 1.72 bits per heavy atom. The van der Waals surface area contributed by atoms with E-state index in [4.69, 9.17) is 0 Å². The Balaban J connectivity index is 2.62. The van der Waals surface area contributed by atoms with Crippen molar-refractivity contribution in [1.29, 1.82) is 0 Å². The molecule has 3 N–H and O–H groups in total. The van der Waals surface area contributed by atoms with E-state index >= 15 is 0 Å². The highest BCUT2D eigenvalue weighted by molar-refractivity contribution is 7.99. The van der Waals surface area contributed by atoms with E-state index in [0.29, 0.717) is 0 Å². The number of Topliss-reactive ketones (excluding diaryl/α,β-unsaturated/α-hetero) is 1. The zero-order valence-electron chi connectivity index (χ0n) is 14.6. The summed E-state index contributed by atoms with van der Waals surface area (Å²) in [6.07, 6.45) is 0. The molecule has 0 bridgehead atoms. The minimum Gasteiger partial charge on any atom is -0.507 e. The van der Waals surface area contributed by atoms with E-state index < -0.39 is 0 Å². The number of carbonyl (C=O) groups is 2. The Morgan fingerprint density at radius 1 is 1.12 bits per heavy atom. The van der Waals surface area contributed by atoms with Gasteiger partial charge in [-0.25, -0.2) is 0 Å². The van der Waals surface area contributed by atoms with Gasteiger partial charge in [0.05, 0.1) is 16.1 Å². The molecule has 0 saturated heterocycles. The monoisotopic (exact) mass is 359 g/mol. The Bertz CT molecular complexity index is 813. The molecule has 0 fully saturated rings. The van der Waals surface area contributed by atoms with Gasteiger partial charge in [-0.3, -0.25) is 9.59 Å². The van der Waals surface area contributed by atoms with Crippen molar-refractivity contribution in [2.24, 2.45) is 5.92 Å². The van der Waals surface area contributed by atoms with Crippen molar-refractivity contribution >= 4 is 29.1 Å². The van der Waals surface area contributed by atoms with Crippen LogP contribution in [0.3, 0.4) is 0 Å². The summed E-state index contributed by atoms with van der Waals surface area (Å²) >= 11 is 1.17. The van der Waals surface area contributed by atoms with Gasteiger partial charge in [-0.05, 0) is 19.1 Å². The predicted octanol–water partition coefficient (Wildman–Crippen LogP) is 4.35. The highest BCUT2D eigenvalue weighted by Crippen LogP contribution is 2.46. The van der Waals surface area contributed by atoms with Crippen molar-refractivity contribution in [2.75, 3.05) is 5.32 Å². The molecular weight excluding hydrogens is 338 g/mol. The third kappa shape index (κ3) is 4.33. The van der Waals surface area contributed by atoms with Crippen LogP contribution in [-0.2, 0) is 4.79 Å². The molecule has 2 aromatic rings. The number of nitrogens with one attached hydrogen (secondary N) is 1. The number of phenolic OH excluding ortho intramolecular Hbond substituents is 2. The fourth-order valence-corrected chi connectivity index (χ4v) is 3.29. The van der Waals surface area contributed by atoms with Crippen LogP contribution in [0.25, 0.3) is 0 Å². The molecule has 2 rings (SSSR count). The number of rotatable bonds is 5. The Morgan fingerprint density at radius 3 is 2.24 bits per heavy atom. The Hall–Kier alpha value is -2.47. The molecule has 0 aliphatic carbocycles. The number of aromatic hydroxyl groups is 2. The highest BCUT2D eigenvalue weighted by atomic mass is 32.2. The smallest absolute Gasteiger partial charge is 0.221 e. The minimum absolute atomic E-state index is 0.0622. The van der Waals surface area contributed by atoms with Gasteiger partial charge in [0.2, 0.25) is 5.91 Å². The van der Waals surface area contributed by atoms with Crippen LogP contribution in [0.1, 0.15) is 36.7 Å². The molecule has 0 aliphatic rings. The number of benzene rings is 2. The number of hydrogen-bond acceptors (Lipinski definition) is 5. The number of carbonyl (C=O) groups excluding carboxylic acids is 2. The van der Waals surface area contributed by atoms with Gasteiger partial charge in [0.15, 0.2) is 11.5 Å². The molecule has 0 unspecified atom stereocenters. The third-order valence-electron chi connectivity index (χ3n) is 3.56. The van der Waals surface area contributed by atoms with Gasteiger partial charge in [0.1, 0.15) is 5.75 Å². The molecule has 0 saturated carbocycles. The molecule has 0 spiro atoms. The first kappa shape index (κ1) is 18.9. The summed E-state index contributed by atoms with van der Waals surface area (Å²) < 4.78 is 0. The maximum Gasteiger partial charge on any atom is 0.221 e. The first-order valence-electron chi connectivity index (χ1n) is 7.86. The molecule has 1 amide bonds. The van der Waals surface area contributed by atoms with E-state index in [1.54, 1.807) is 13.8 Å². The van der Waals surface area contributed by atoms with E-state index in [0.717, 1.165) is 10.5 Å². The van der Waals surface area contributed by atoms with Crippen molar-refractivity contribution in [3.8, 4) is 11.5 Å². The number of hydrogen-bond donors (Lipinski definition) is 3. The molecule has 6 heteroatoms. The van der Waals surface area contributed by atoms with Crippen LogP contribution in [0, 0.1) is 12.8 Å². The summed E-state index contributed by atoms with van der Waals surface area (Å²) in [4.78, 5) is 24.9. The van der Waals surface area contributed by atoms with Gasteiger partial charge in [0.25, 0.3) is 0 Å². The zero-order chi connectivity index (χ0) is 18.7. The second-order valence-corrected chi connectivity index (χ2v) is 7.20. The second kappa shape index (κ2) is 7.61. The minimum atomic E-state index is -0.385. The first-order chi connectivity index (χ1) is 11.7. The number of amides is 1. The summed E-state index contributed by atoms with van der Waals surface area (Å²) in [7, 11) is 0. The normalized spacial score (nSPS) is 10.8. The van der Waals surface area contributed by atoms with Crippen LogP contribution in [0.15, 0.2) is 40.1 Å². The van der Waals surface area contributed by atoms with E-state index in [2.05, 4.69) is 5.32 Å². The lowest BCUT2D eigenvalue weighted by atomic mass is 9.99. The van der Waals surface area contributed by atoms with Crippen LogP contribution in [0.4, 0.5) is 5.69 Å². The maximum absolute atomic E-state index is 12.5. The molecule has 0 radical (unpaired) electrons. The number of anilines is 1. The summed E-state index contributed by atoms with van der Waals surface area (Å²) in [5, 5.41) is 23.4. The van der Waals surface area contributed by atoms with Gasteiger partial charge in [-0.2, -0.15) is 0 Å². The lowest BCUT2D eigenvalue weighted by molar-refractivity contribution is -0.114. The van der Waals surface area contributed by atoms with Crippen LogP contribution in [-0.4, -0.2) is 21.9 Å². The van der Waals surface area contributed by atoms with Gasteiger partial charge < -0.3 is 15.5 Å². The van der Waals surface area contributed by atoms with Crippen LogP contribution in [0.5, 0.6) is 11.5 Å². The molecule has 0 aromatic heterocycles. The molecule has 0 atom stereocenters. The third-order valence-corrected chi connectivity index (χ3v) is 4.67. The fourth-order valence-electron chi connectivity index (χ4n) is 2.27. The van der Waals surface area contributed by atoms with Crippen molar-refractivity contribution in [1.82, 2.24) is 0 Å². The Kier molecular flexibility index (Phi) is 5.74. The average molecular weight is 359 g/mol.